The predicted octanol–water partition coefficient (Wildman–Crippen LogP) is 6.18. The molecule has 5 nitrogen and oxygen atoms in total. The molecule has 1 atom stereocenters. The Hall–Kier alpha value is -3.08. The van der Waals surface area contributed by atoms with Crippen LogP contribution < -0.4 is 10.2 Å². The zero-order valence-electron chi connectivity index (χ0n) is 20.3. The standard InChI is InChI=1S/C28H36N2O3.H2/c1-6-11-25(22-12-8-7-9-13-22)30(28(32)23-17-19(2)16-20(3)18-23)29-27(31)24-14-10-15-26(33-5)21(24)4;/h6,10,14-18,22,25H,1,7-9,11-13H2,2-5H3,(H,29,31);1H/t25-;/m1./s1. The molecule has 2 aromatic rings. The van der Waals surface area contributed by atoms with Crippen molar-refractivity contribution in [2.75, 3.05) is 7.11 Å². The maximum Gasteiger partial charge on any atom is 0.272 e. The van der Waals surface area contributed by atoms with Gasteiger partial charge < -0.3 is 4.74 Å². The number of benzene rings is 2. The molecule has 0 saturated heterocycles. The van der Waals surface area contributed by atoms with Gasteiger partial charge >= 0.3 is 0 Å². The number of nitrogens with zero attached hydrogens (tertiary/aromatic N) is 1. The summed E-state index contributed by atoms with van der Waals surface area (Å²) in [5.41, 5.74) is 6.85. The van der Waals surface area contributed by atoms with E-state index in [4.69, 9.17) is 4.74 Å². The van der Waals surface area contributed by atoms with Gasteiger partial charge in [-0.15, -0.1) is 6.58 Å². The van der Waals surface area contributed by atoms with Gasteiger partial charge in [0.05, 0.1) is 13.2 Å². The monoisotopic (exact) mass is 450 g/mol. The van der Waals surface area contributed by atoms with E-state index in [-0.39, 0.29) is 19.3 Å². The van der Waals surface area contributed by atoms with E-state index in [1.54, 1.807) is 24.3 Å². The first-order valence-electron chi connectivity index (χ1n) is 11.8. The smallest absolute Gasteiger partial charge is 0.272 e. The third-order valence-corrected chi connectivity index (χ3v) is 6.59. The van der Waals surface area contributed by atoms with E-state index < -0.39 is 0 Å². The number of rotatable bonds is 7. The summed E-state index contributed by atoms with van der Waals surface area (Å²) in [7, 11) is 1.59. The average Bonchev–Trinajstić information content (AvgIpc) is 2.80. The van der Waals surface area contributed by atoms with Crippen molar-refractivity contribution in [2.45, 2.75) is 65.3 Å². The van der Waals surface area contributed by atoms with Gasteiger partial charge in [-0.05, 0) is 70.2 Å². The molecule has 2 amide bonds. The number of methoxy groups -OCH3 is 1. The van der Waals surface area contributed by atoms with Crippen LogP contribution in [-0.2, 0) is 0 Å². The largest absolute Gasteiger partial charge is 0.496 e. The molecule has 3 rings (SSSR count). The molecule has 0 bridgehead atoms. The molecule has 0 aliphatic heterocycles. The minimum Gasteiger partial charge on any atom is -0.496 e. The molecular formula is C28H38N2O3. The number of carbonyl (C=O) groups is 2. The van der Waals surface area contributed by atoms with E-state index in [9.17, 15) is 9.59 Å². The Morgan fingerprint density at radius 1 is 1.15 bits per heavy atom. The zero-order valence-corrected chi connectivity index (χ0v) is 20.3. The molecule has 1 aliphatic rings. The lowest BCUT2D eigenvalue weighted by atomic mass is 9.82. The van der Waals surface area contributed by atoms with Crippen molar-refractivity contribution in [2.24, 2.45) is 5.92 Å². The highest BCUT2D eigenvalue weighted by Gasteiger charge is 2.33. The number of nitrogens with one attached hydrogen (secondary N) is 1. The molecule has 0 aromatic heterocycles. The van der Waals surface area contributed by atoms with E-state index in [0.29, 0.717) is 29.2 Å². The highest BCUT2D eigenvalue weighted by atomic mass is 16.5. The Bertz CT molecular complexity index is 994. The second-order valence-electron chi connectivity index (χ2n) is 9.12. The lowest BCUT2D eigenvalue weighted by Crippen LogP contribution is -2.54. The molecule has 5 heteroatoms. The van der Waals surface area contributed by atoms with Crippen molar-refractivity contribution in [3.8, 4) is 5.75 Å². The third kappa shape index (κ3) is 5.84. The van der Waals surface area contributed by atoms with Crippen LogP contribution in [0.1, 0.15) is 77.4 Å². The summed E-state index contributed by atoms with van der Waals surface area (Å²) in [4.78, 5) is 27.3. The first-order valence-corrected chi connectivity index (χ1v) is 11.8. The summed E-state index contributed by atoms with van der Waals surface area (Å²) in [5, 5.41) is 1.58. The molecule has 1 saturated carbocycles. The minimum atomic E-state index is -0.311. The molecule has 2 aromatic carbocycles. The summed E-state index contributed by atoms with van der Waals surface area (Å²) >= 11 is 0. The van der Waals surface area contributed by atoms with Crippen LogP contribution in [0, 0.1) is 26.7 Å². The number of aryl methyl sites for hydroxylation is 2. The van der Waals surface area contributed by atoms with E-state index in [1.807, 2.05) is 51.1 Å². The molecule has 0 unspecified atom stereocenters. The van der Waals surface area contributed by atoms with Crippen LogP contribution in [0.15, 0.2) is 49.1 Å². The molecular weight excluding hydrogens is 412 g/mol. The van der Waals surface area contributed by atoms with Gasteiger partial charge in [-0.25, -0.2) is 5.01 Å². The summed E-state index contributed by atoms with van der Waals surface area (Å²) in [6.45, 7) is 9.76. The highest BCUT2D eigenvalue weighted by molar-refractivity contribution is 6.00. The van der Waals surface area contributed by atoms with Gasteiger partial charge in [0.2, 0.25) is 0 Å². The zero-order chi connectivity index (χ0) is 24.0. The van der Waals surface area contributed by atoms with Gasteiger partial charge in [-0.2, -0.15) is 0 Å². The fourth-order valence-electron chi connectivity index (χ4n) is 4.97. The van der Waals surface area contributed by atoms with Crippen molar-refractivity contribution < 1.29 is 15.8 Å². The summed E-state index contributed by atoms with van der Waals surface area (Å²) < 4.78 is 5.39. The first-order chi connectivity index (χ1) is 15.8. The Kier molecular flexibility index (Phi) is 8.32. The first kappa shape index (κ1) is 24.6. The Morgan fingerprint density at radius 2 is 1.82 bits per heavy atom. The van der Waals surface area contributed by atoms with E-state index in [0.717, 1.165) is 42.4 Å². The van der Waals surface area contributed by atoms with Gasteiger partial charge in [0.25, 0.3) is 11.8 Å². The van der Waals surface area contributed by atoms with Crippen molar-refractivity contribution in [1.82, 2.24) is 10.4 Å². The van der Waals surface area contributed by atoms with Crippen molar-refractivity contribution >= 4 is 11.8 Å². The fraction of sp³-hybridized carbons (Fsp3) is 0.429. The quantitative estimate of drug-likeness (QED) is 0.405. The van der Waals surface area contributed by atoms with Crippen LogP contribution in [0.2, 0.25) is 0 Å². The van der Waals surface area contributed by atoms with Crippen LogP contribution in [0.25, 0.3) is 0 Å². The molecule has 1 N–H and O–H groups in total. The number of carbonyl (C=O) groups excluding carboxylic acids is 2. The van der Waals surface area contributed by atoms with Gasteiger partial charge in [-0.1, -0.05) is 48.6 Å². The molecule has 0 spiro atoms. The molecule has 1 aliphatic carbocycles. The van der Waals surface area contributed by atoms with E-state index >= 15 is 0 Å². The summed E-state index contributed by atoms with van der Waals surface area (Å²) in [6, 6.07) is 11.0. The SMILES string of the molecule is C=CC[C@H](C1CCCCC1)N(NC(=O)c1cccc(OC)c1C)C(=O)c1cc(C)cc(C)c1.[HH]. The molecule has 1 fully saturated rings. The van der Waals surface area contributed by atoms with Crippen LogP contribution in [0.5, 0.6) is 5.75 Å². The third-order valence-electron chi connectivity index (χ3n) is 6.59. The summed E-state index contributed by atoms with van der Waals surface area (Å²) in [5.74, 6) is 0.463. The second kappa shape index (κ2) is 11.2. The van der Waals surface area contributed by atoms with E-state index in [2.05, 4.69) is 12.0 Å². The molecule has 33 heavy (non-hydrogen) atoms. The Balaban J connectivity index is 0.00000408. The van der Waals surface area contributed by atoms with Gasteiger partial charge in [-0.3, -0.25) is 15.0 Å². The van der Waals surface area contributed by atoms with Gasteiger partial charge in [0.1, 0.15) is 5.75 Å². The number of amides is 2. The van der Waals surface area contributed by atoms with Crippen LogP contribution in [0.4, 0.5) is 0 Å². The average molecular weight is 451 g/mol. The number of hydrogen-bond donors (Lipinski definition) is 1. The second-order valence-corrected chi connectivity index (χ2v) is 9.12. The number of ether oxygens (including phenoxy) is 1. The predicted molar refractivity (Wildman–Crippen MR) is 135 cm³/mol. The summed E-state index contributed by atoms with van der Waals surface area (Å²) in [6.07, 6.45) is 8.08. The number of hydrazine groups is 1. The van der Waals surface area contributed by atoms with Crippen LogP contribution in [0.3, 0.4) is 0 Å². The van der Waals surface area contributed by atoms with E-state index in [1.165, 1.54) is 6.42 Å². The van der Waals surface area contributed by atoms with Crippen molar-refractivity contribution in [3.63, 3.8) is 0 Å². The maximum absolute atomic E-state index is 13.8. The molecule has 0 radical (unpaired) electrons. The van der Waals surface area contributed by atoms with Crippen LogP contribution in [-0.4, -0.2) is 30.0 Å². The highest BCUT2D eigenvalue weighted by Crippen LogP contribution is 2.31. The van der Waals surface area contributed by atoms with Crippen molar-refractivity contribution in [1.29, 1.82) is 0 Å². The van der Waals surface area contributed by atoms with Crippen molar-refractivity contribution in [3.05, 3.63) is 76.9 Å². The van der Waals surface area contributed by atoms with Gasteiger partial charge in [0, 0.05) is 18.1 Å². The normalized spacial score (nSPS) is 14.9. The lowest BCUT2D eigenvalue weighted by molar-refractivity contribution is 0.0357. The Labute approximate surface area is 199 Å². The number of hydrogen-bond acceptors (Lipinski definition) is 3. The molecule has 178 valence electrons. The van der Waals surface area contributed by atoms with Gasteiger partial charge in [0.15, 0.2) is 0 Å². The maximum atomic E-state index is 13.8. The van der Waals surface area contributed by atoms with Crippen LogP contribution >= 0.6 is 0 Å². The topological polar surface area (TPSA) is 58.6 Å². The lowest BCUT2D eigenvalue weighted by Gasteiger charge is -2.38. The minimum absolute atomic E-state index is 0. The fourth-order valence-corrected chi connectivity index (χ4v) is 4.97. The molecule has 0 heterocycles. The Morgan fingerprint density at radius 3 is 2.42 bits per heavy atom.